The van der Waals surface area contributed by atoms with E-state index in [-0.39, 0.29) is 17.3 Å². The maximum atomic E-state index is 11.8. The van der Waals surface area contributed by atoms with Gasteiger partial charge in [-0.1, -0.05) is 6.07 Å². The number of hydrogen-bond acceptors (Lipinski definition) is 4. The smallest absolute Gasteiger partial charge is 0.310 e. The van der Waals surface area contributed by atoms with Crippen molar-refractivity contribution in [2.24, 2.45) is 5.92 Å². The topological polar surface area (TPSA) is 48.4 Å². The summed E-state index contributed by atoms with van der Waals surface area (Å²) in [5.74, 6) is -0.189. The largest absolute Gasteiger partial charge is 0.466 e. The molecule has 4 heteroatoms. The van der Waals surface area contributed by atoms with E-state index in [1.807, 2.05) is 19.1 Å². The summed E-state index contributed by atoms with van der Waals surface area (Å²) in [7, 11) is 0. The molecular formula is C13H15NO3. The number of carbonyl (C=O) groups is 1. The molecule has 1 aliphatic carbocycles. The molecule has 1 spiro atoms. The predicted octanol–water partition coefficient (Wildman–Crippen LogP) is 1.43. The van der Waals surface area contributed by atoms with Crippen molar-refractivity contribution in [1.82, 2.24) is 4.98 Å². The molecule has 3 rings (SSSR count). The standard InChI is InChI=1S/C13H15NO3/c1-2-17-12(15)10-6-13(10)8-16-7-9-4-3-5-14-11(9)13/h3-5,10H,2,6-8H2,1H3. The van der Waals surface area contributed by atoms with Crippen LogP contribution < -0.4 is 0 Å². The van der Waals surface area contributed by atoms with Crippen LogP contribution in [0.3, 0.4) is 0 Å². The first-order valence-electron chi connectivity index (χ1n) is 5.96. The van der Waals surface area contributed by atoms with Gasteiger partial charge in [-0.3, -0.25) is 9.78 Å². The van der Waals surface area contributed by atoms with Crippen LogP contribution in [0.2, 0.25) is 0 Å². The molecule has 2 atom stereocenters. The van der Waals surface area contributed by atoms with Crippen molar-refractivity contribution in [1.29, 1.82) is 0 Å². The molecule has 2 aliphatic rings. The van der Waals surface area contributed by atoms with E-state index in [9.17, 15) is 4.79 Å². The normalized spacial score (nSPS) is 29.8. The second-order valence-corrected chi connectivity index (χ2v) is 4.67. The Morgan fingerprint density at radius 1 is 1.71 bits per heavy atom. The van der Waals surface area contributed by atoms with Crippen LogP contribution in [-0.4, -0.2) is 24.2 Å². The molecule has 1 fully saturated rings. The molecule has 0 amide bonds. The van der Waals surface area contributed by atoms with Crippen LogP contribution in [0.15, 0.2) is 18.3 Å². The van der Waals surface area contributed by atoms with Crippen LogP contribution in [0.4, 0.5) is 0 Å². The van der Waals surface area contributed by atoms with E-state index in [0.717, 1.165) is 17.7 Å². The third-order valence-electron chi connectivity index (χ3n) is 3.63. The third-order valence-corrected chi connectivity index (χ3v) is 3.63. The van der Waals surface area contributed by atoms with Gasteiger partial charge >= 0.3 is 5.97 Å². The molecular weight excluding hydrogens is 218 g/mol. The average molecular weight is 233 g/mol. The molecule has 0 aromatic carbocycles. The lowest BCUT2D eigenvalue weighted by atomic mass is 9.93. The number of aromatic nitrogens is 1. The predicted molar refractivity (Wildman–Crippen MR) is 60.3 cm³/mol. The van der Waals surface area contributed by atoms with Crippen LogP contribution in [0.25, 0.3) is 0 Å². The highest BCUT2D eigenvalue weighted by Crippen LogP contribution is 2.56. The number of fused-ring (bicyclic) bond motifs is 2. The minimum absolute atomic E-state index is 0.0728. The molecule has 2 heterocycles. The van der Waals surface area contributed by atoms with Gasteiger partial charge in [0.25, 0.3) is 0 Å². The molecule has 2 unspecified atom stereocenters. The van der Waals surface area contributed by atoms with Crippen LogP contribution in [0.5, 0.6) is 0 Å². The highest BCUT2D eigenvalue weighted by molar-refractivity contribution is 5.79. The lowest BCUT2D eigenvalue weighted by molar-refractivity contribution is -0.145. The molecule has 1 saturated carbocycles. The Morgan fingerprint density at radius 2 is 2.59 bits per heavy atom. The number of hydrogen-bond donors (Lipinski definition) is 0. The number of carbonyl (C=O) groups excluding carboxylic acids is 1. The Balaban J connectivity index is 1.90. The fourth-order valence-electron chi connectivity index (χ4n) is 2.69. The van der Waals surface area contributed by atoms with Crippen molar-refractivity contribution < 1.29 is 14.3 Å². The van der Waals surface area contributed by atoms with Gasteiger partial charge in [0.1, 0.15) is 0 Å². The lowest BCUT2D eigenvalue weighted by Gasteiger charge is -2.25. The molecule has 17 heavy (non-hydrogen) atoms. The Bertz CT molecular complexity index is 460. The van der Waals surface area contributed by atoms with Crippen molar-refractivity contribution >= 4 is 5.97 Å². The Labute approximate surface area is 99.9 Å². The van der Waals surface area contributed by atoms with Gasteiger partial charge in [-0.05, 0) is 25.0 Å². The van der Waals surface area contributed by atoms with E-state index in [4.69, 9.17) is 9.47 Å². The number of rotatable bonds is 2. The summed E-state index contributed by atoms with van der Waals surface area (Å²) in [6.45, 7) is 3.44. The van der Waals surface area contributed by atoms with Gasteiger partial charge in [0.2, 0.25) is 0 Å². The zero-order chi connectivity index (χ0) is 11.9. The summed E-state index contributed by atoms with van der Waals surface area (Å²) < 4.78 is 10.7. The summed E-state index contributed by atoms with van der Waals surface area (Å²) >= 11 is 0. The highest BCUT2D eigenvalue weighted by Gasteiger charge is 2.63. The molecule has 0 N–H and O–H groups in total. The second-order valence-electron chi connectivity index (χ2n) is 4.67. The van der Waals surface area contributed by atoms with Crippen LogP contribution in [0, 0.1) is 5.92 Å². The maximum absolute atomic E-state index is 11.8. The van der Waals surface area contributed by atoms with E-state index in [2.05, 4.69) is 4.98 Å². The fraction of sp³-hybridized carbons (Fsp3) is 0.538. The Kier molecular flexibility index (Phi) is 2.40. The zero-order valence-electron chi connectivity index (χ0n) is 9.81. The summed E-state index contributed by atoms with van der Waals surface area (Å²) in [5.41, 5.74) is 1.93. The Hall–Kier alpha value is -1.42. The van der Waals surface area contributed by atoms with Crippen LogP contribution >= 0.6 is 0 Å². The van der Waals surface area contributed by atoms with Crippen molar-refractivity contribution in [3.63, 3.8) is 0 Å². The number of nitrogens with zero attached hydrogens (tertiary/aromatic N) is 1. The second kappa shape index (κ2) is 3.81. The molecule has 0 saturated heterocycles. The van der Waals surface area contributed by atoms with E-state index >= 15 is 0 Å². The summed E-state index contributed by atoms with van der Waals surface area (Å²) in [5, 5.41) is 0. The quantitative estimate of drug-likeness (QED) is 0.725. The first kappa shape index (κ1) is 10.7. The van der Waals surface area contributed by atoms with Crippen molar-refractivity contribution in [3.8, 4) is 0 Å². The zero-order valence-corrected chi connectivity index (χ0v) is 9.81. The Morgan fingerprint density at radius 3 is 3.41 bits per heavy atom. The van der Waals surface area contributed by atoms with Crippen LogP contribution in [0.1, 0.15) is 24.6 Å². The molecule has 0 radical (unpaired) electrons. The molecule has 1 aromatic rings. The lowest BCUT2D eigenvalue weighted by Crippen LogP contribution is -2.29. The van der Waals surface area contributed by atoms with E-state index in [0.29, 0.717) is 19.8 Å². The monoisotopic (exact) mass is 233 g/mol. The molecule has 1 aromatic heterocycles. The van der Waals surface area contributed by atoms with Gasteiger partial charge in [-0.25, -0.2) is 0 Å². The summed E-state index contributed by atoms with van der Waals surface area (Å²) in [6.07, 6.45) is 2.59. The van der Waals surface area contributed by atoms with Gasteiger partial charge in [-0.15, -0.1) is 0 Å². The van der Waals surface area contributed by atoms with E-state index in [1.54, 1.807) is 6.20 Å². The summed E-state index contributed by atoms with van der Waals surface area (Å²) in [6, 6.07) is 3.92. The van der Waals surface area contributed by atoms with Crippen LogP contribution in [-0.2, 0) is 26.3 Å². The minimum atomic E-state index is -0.207. The maximum Gasteiger partial charge on any atom is 0.310 e. The summed E-state index contributed by atoms with van der Waals surface area (Å²) in [4.78, 5) is 16.2. The number of ether oxygens (including phenoxy) is 2. The van der Waals surface area contributed by atoms with E-state index < -0.39 is 0 Å². The van der Waals surface area contributed by atoms with Crippen molar-refractivity contribution in [2.45, 2.75) is 25.4 Å². The van der Waals surface area contributed by atoms with Crippen molar-refractivity contribution in [3.05, 3.63) is 29.6 Å². The minimum Gasteiger partial charge on any atom is -0.466 e. The van der Waals surface area contributed by atoms with Gasteiger partial charge in [0, 0.05) is 6.20 Å². The van der Waals surface area contributed by atoms with Crippen molar-refractivity contribution in [2.75, 3.05) is 13.2 Å². The first-order valence-corrected chi connectivity index (χ1v) is 5.96. The van der Waals surface area contributed by atoms with Gasteiger partial charge in [-0.2, -0.15) is 0 Å². The van der Waals surface area contributed by atoms with E-state index in [1.165, 1.54) is 0 Å². The molecule has 4 nitrogen and oxygen atoms in total. The van der Waals surface area contributed by atoms with Gasteiger partial charge in [0.15, 0.2) is 0 Å². The first-order chi connectivity index (χ1) is 8.28. The molecule has 90 valence electrons. The average Bonchev–Trinajstić information content (AvgIpc) is 3.06. The molecule has 1 aliphatic heterocycles. The van der Waals surface area contributed by atoms with Gasteiger partial charge in [0.05, 0.1) is 36.8 Å². The SMILES string of the molecule is CCOC(=O)C1CC12COCc1cccnc12. The highest BCUT2D eigenvalue weighted by atomic mass is 16.5. The fourth-order valence-corrected chi connectivity index (χ4v) is 2.69. The van der Waals surface area contributed by atoms with Gasteiger partial charge < -0.3 is 9.47 Å². The molecule has 0 bridgehead atoms. The third kappa shape index (κ3) is 1.55. The number of esters is 1. The number of pyridine rings is 1.